The number of rotatable bonds is 8. The molecule has 0 aliphatic carbocycles. The van der Waals surface area contributed by atoms with Gasteiger partial charge in [-0.3, -0.25) is 5.10 Å². The van der Waals surface area contributed by atoms with E-state index >= 15 is 0 Å². The fourth-order valence-corrected chi connectivity index (χ4v) is 5.43. The number of morpholine rings is 1. The van der Waals surface area contributed by atoms with Crippen molar-refractivity contribution in [2.75, 3.05) is 53.1 Å². The van der Waals surface area contributed by atoms with Crippen LogP contribution < -0.4 is 9.47 Å². The van der Waals surface area contributed by atoms with Gasteiger partial charge in [-0.25, -0.2) is 0 Å². The second kappa shape index (κ2) is 9.34. The van der Waals surface area contributed by atoms with E-state index in [1.165, 1.54) is 4.31 Å². The highest BCUT2D eigenvalue weighted by Crippen LogP contribution is 2.29. The van der Waals surface area contributed by atoms with E-state index in [0.29, 0.717) is 52.4 Å². The summed E-state index contributed by atoms with van der Waals surface area (Å²) in [5, 5.41) is 7.48. The Bertz CT molecular complexity index is 925. The molecule has 2 saturated heterocycles. The first-order chi connectivity index (χ1) is 14.6. The first kappa shape index (κ1) is 21.1. The van der Waals surface area contributed by atoms with Crippen LogP contribution in [0.2, 0.25) is 0 Å². The third-order valence-corrected chi connectivity index (χ3v) is 7.54. The zero-order chi connectivity index (χ0) is 21.0. The summed E-state index contributed by atoms with van der Waals surface area (Å²) < 4.78 is 44.9. The molecule has 1 atom stereocenters. The SMILES string of the molecule is COc1ccc(OCCc2cc([C@@H]3CCN(S(=O)(=O)N4CCOCC4)C3)n[nH]2)cc1. The van der Waals surface area contributed by atoms with Crippen molar-refractivity contribution in [1.29, 1.82) is 0 Å². The summed E-state index contributed by atoms with van der Waals surface area (Å²) >= 11 is 0. The summed E-state index contributed by atoms with van der Waals surface area (Å²) in [7, 11) is -1.79. The predicted octanol–water partition coefficient (Wildman–Crippen LogP) is 1.41. The van der Waals surface area contributed by atoms with Crippen molar-refractivity contribution >= 4 is 10.2 Å². The Hall–Kier alpha value is -2.14. The first-order valence-electron chi connectivity index (χ1n) is 10.2. The molecule has 0 radical (unpaired) electrons. The fraction of sp³-hybridized carbons (Fsp3) is 0.550. The van der Waals surface area contributed by atoms with Crippen LogP contribution in [0.4, 0.5) is 0 Å². The normalized spacial score (nSPS) is 21.0. The molecule has 1 aromatic heterocycles. The third-order valence-electron chi connectivity index (χ3n) is 5.54. The van der Waals surface area contributed by atoms with E-state index in [1.54, 1.807) is 11.4 Å². The van der Waals surface area contributed by atoms with Gasteiger partial charge in [0.25, 0.3) is 10.2 Å². The van der Waals surface area contributed by atoms with Crippen LogP contribution in [0.1, 0.15) is 23.7 Å². The van der Waals surface area contributed by atoms with Gasteiger partial charge >= 0.3 is 0 Å². The predicted molar refractivity (Wildman–Crippen MR) is 111 cm³/mol. The average molecular weight is 437 g/mol. The van der Waals surface area contributed by atoms with E-state index in [1.807, 2.05) is 30.3 Å². The van der Waals surface area contributed by atoms with Crippen LogP contribution in [0.5, 0.6) is 11.5 Å². The number of nitrogens with one attached hydrogen (secondary N) is 1. The topological polar surface area (TPSA) is 97.0 Å². The molecule has 0 unspecified atom stereocenters. The lowest BCUT2D eigenvalue weighted by molar-refractivity contribution is 0.0705. The Balaban J connectivity index is 1.28. The lowest BCUT2D eigenvalue weighted by atomic mass is 10.0. The molecule has 0 saturated carbocycles. The second-order valence-corrected chi connectivity index (χ2v) is 9.38. The van der Waals surface area contributed by atoms with Gasteiger partial charge in [-0.05, 0) is 36.8 Å². The zero-order valence-corrected chi connectivity index (χ0v) is 17.9. The van der Waals surface area contributed by atoms with Crippen LogP contribution >= 0.6 is 0 Å². The van der Waals surface area contributed by atoms with E-state index in [-0.39, 0.29) is 5.92 Å². The molecule has 1 aromatic carbocycles. The van der Waals surface area contributed by atoms with Crippen molar-refractivity contribution in [3.8, 4) is 11.5 Å². The molecule has 2 aliphatic heterocycles. The van der Waals surface area contributed by atoms with Crippen LogP contribution in [-0.4, -0.2) is 80.3 Å². The highest BCUT2D eigenvalue weighted by atomic mass is 32.2. The molecule has 10 heteroatoms. The number of H-pyrrole nitrogens is 1. The number of aromatic nitrogens is 2. The maximum atomic E-state index is 12.8. The molecule has 1 N–H and O–H groups in total. The molecule has 2 fully saturated rings. The molecule has 30 heavy (non-hydrogen) atoms. The molecule has 2 aliphatic rings. The Morgan fingerprint density at radius 3 is 2.60 bits per heavy atom. The van der Waals surface area contributed by atoms with Gasteiger partial charge in [0.2, 0.25) is 0 Å². The number of ether oxygens (including phenoxy) is 3. The van der Waals surface area contributed by atoms with E-state index in [0.717, 1.165) is 29.3 Å². The summed E-state index contributed by atoms with van der Waals surface area (Å²) in [6.45, 7) is 3.26. The Morgan fingerprint density at radius 1 is 1.13 bits per heavy atom. The summed E-state index contributed by atoms with van der Waals surface area (Å²) in [5.41, 5.74) is 1.89. The van der Waals surface area contributed by atoms with Crippen LogP contribution in [-0.2, 0) is 21.4 Å². The molecule has 4 rings (SSSR count). The highest BCUT2D eigenvalue weighted by Gasteiger charge is 2.37. The zero-order valence-electron chi connectivity index (χ0n) is 17.1. The van der Waals surface area contributed by atoms with Gasteiger partial charge in [0.05, 0.1) is 32.6 Å². The third kappa shape index (κ3) is 4.77. The summed E-state index contributed by atoms with van der Waals surface area (Å²) in [4.78, 5) is 0. The molecule has 2 aromatic rings. The lowest BCUT2D eigenvalue weighted by Crippen LogP contribution is -2.47. The molecule has 9 nitrogen and oxygen atoms in total. The number of benzene rings is 1. The van der Waals surface area contributed by atoms with Crippen LogP contribution in [0.25, 0.3) is 0 Å². The van der Waals surface area contributed by atoms with E-state index in [4.69, 9.17) is 14.2 Å². The molecular weight excluding hydrogens is 408 g/mol. The Kier molecular flexibility index (Phi) is 6.57. The molecule has 3 heterocycles. The van der Waals surface area contributed by atoms with Gasteiger partial charge in [0.15, 0.2) is 0 Å². The molecule has 0 bridgehead atoms. The van der Waals surface area contributed by atoms with Crippen molar-refractivity contribution in [2.45, 2.75) is 18.8 Å². The van der Waals surface area contributed by atoms with E-state index < -0.39 is 10.2 Å². The van der Waals surface area contributed by atoms with Crippen LogP contribution in [0.15, 0.2) is 30.3 Å². The minimum Gasteiger partial charge on any atom is -0.497 e. The number of hydrogen-bond acceptors (Lipinski definition) is 6. The first-order valence-corrected chi connectivity index (χ1v) is 11.6. The van der Waals surface area contributed by atoms with Gasteiger partial charge < -0.3 is 14.2 Å². The van der Waals surface area contributed by atoms with E-state index in [9.17, 15) is 8.42 Å². The van der Waals surface area contributed by atoms with Crippen LogP contribution in [0.3, 0.4) is 0 Å². The monoisotopic (exact) mass is 436 g/mol. The van der Waals surface area contributed by atoms with Crippen molar-refractivity contribution in [3.63, 3.8) is 0 Å². The number of methoxy groups -OCH3 is 1. The Morgan fingerprint density at radius 2 is 1.87 bits per heavy atom. The number of nitrogens with zero attached hydrogens (tertiary/aromatic N) is 3. The van der Waals surface area contributed by atoms with Crippen molar-refractivity contribution in [3.05, 3.63) is 41.7 Å². The quantitative estimate of drug-likeness (QED) is 0.672. The standard InChI is InChI=1S/C20H28N4O5S/c1-27-18-2-4-19(5-3-18)29-11-7-17-14-20(22-21-17)16-6-8-24(15-16)30(25,26)23-9-12-28-13-10-23/h2-5,14,16H,6-13,15H2,1H3,(H,21,22)/t16-/m1/s1. The maximum Gasteiger partial charge on any atom is 0.282 e. The van der Waals surface area contributed by atoms with Gasteiger partial charge in [0.1, 0.15) is 11.5 Å². The minimum atomic E-state index is -3.43. The van der Waals surface area contributed by atoms with Gasteiger partial charge in [0, 0.05) is 44.2 Å². The van der Waals surface area contributed by atoms with Crippen molar-refractivity contribution in [1.82, 2.24) is 18.8 Å². The van der Waals surface area contributed by atoms with E-state index in [2.05, 4.69) is 10.2 Å². The second-order valence-electron chi connectivity index (χ2n) is 7.45. The summed E-state index contributed by atoms with van der Waals surface area (Å²) in [6, 6.07) is 9.49. The van der Waals surface area contributed by atoms with Crippen molar-refractivity contribution in [2.24, 2.45) is 0 Å². The largest absolute Gasteiger partial charge is 0.497 e. The molecule has 0 spiro atoms. The van der Waals surface area contributed by atoms with Gasteiger partial charge in [-0.15, -0.1) is 0 Å². The lowest BCUT2D eigenvalue weighted by Gasteiger charge is -2.30. The van der Waals surface area contributed by atoms with Gasteiger partial charge in [-0.2, -0.15) is 22.1 Å². The number of hydrogen-bond donors (Lipinski definition) is 1. The van der Waals surface area contributed by atoms with Crippen LogP contribution in [0, 0.1) is 0 Å². The van der Waals surface area contributed by atoms with Crippen molar-refractivity contribution < 1.29 is 22.6 Å². The summed E-state index contributed by atoms with van der Waals surface area (Å²) in [6.07, 6.45) is 1.47. The van der Waals surface area contributed by atoms with Gasteiger partial charge in [-0.1, -0.05) is 0 Å². The maximum absolute atomic E-state index is 12.8. The molecule has 0 amide bonds. The molecule has 164 valence electrons. The minimum absolute atomic E-state index is 0.105. The smallest absolute Gasteiger partial charge is 0.282 e. The molecular formula is C20H28N4O5S. The average Bonchev–Trinajstić information content (AvgIpc) is 3.45. The number of aromatic amines is 1. The highest BCUT2D eigenvalue weighted by molar-refractivity contribution is 7.86. The fourth-order valence-electron chi connectivity index (χ4n) is 3.79. The Labute approximate surface area is 177 Å². The summed E-state index contributed by atoms with van der Waals surface area (Å²) in [5.74, 6) is 1.69.